The molecule has 0 atom stereocenters. The minimum absolute atomic E-state index is 0.0685. The van der Waals surface area contributed by atoms with Gasteiger partial charge in [0, 0.05) is 0 Å². The summed E-state index contributed by atoms with van der Waals surface area (Å²) in [6, 6.07) is 15.4. The summed E-state index contributed by atoms with van der Waals surface area (Å²) in [7, 11) is -3.07. The van der Waals surface area contributed by atoms with Gasteiger partial charge >= 0.3 is 263 Å². The standard InChI is InChI=1S/C31H19BF10OSiTe/c1-44(2,3)43-32-18(16-20(33)24(37)28(41)25(38)21(16)34)30(14-10-6-4-7-11-14)45-31(15-12-8-5-9-13-15)19(32)17-22(35)26(39)29(42)27(40)23(17)36/h4-13H,1-3H3. The van der Waals surface area contributed by atoms with Crippen molar-refractivity contribution >= 4 is 54.3 Å². The Kier molecular flexibility index (Phi) is 9.17. The molecule has 0 aliphatic carbocycles. The molecule has 45 heavy (non-hydrogen) atoms. The van der Waals surface area contributed by atoms with Gasteiger partial charge in [-0.25, -0.2) is 0 Å². The molecular weight excluding hydrogens is 745 g/mol. The van der Waals surface area contributed by atoms with Crippen molar-refractivity contribution in [3.8, 4) is 0 Å². The predicted octanol–water partition coefficient (Wildman–Crippen LogP) is 9.15. The molecule has 0 fully saturated rings. The fraction of sp³-hybridized carbons (Fsp3) is 0.0968. The van der Waals surface area contributed by atoms with Gasteiger partial charge in [-0.3, -0.25) is 0 Å². The van der Waals surface area contributed by atoms with Crippen molar-refractivity contribution in [3.63, 3.8) is 0 Å². The van der Waals surface area contributed by atoms with E-state index in [0.717, 1.165) is 0 Å². The summed E-state index contributed by atoms with van der Waals surface area (Å²) >= 11 is -2.19. The summed E-state index contributed by atoms with van der Waals surface area (Å²) in [5.41, 5.74) is -3.62. The number of hydrogen-bond donors (Lipinski definition) is 0. The molecule has 0 aromatic heterocycles. The van der Waals surface area contributed by atoms with Crippen LogP contribution in [-0.2, 0) is 4.34 Å². The number of benzene rings is 4. The second-order valence-electron chi connectivity index (χ2n) is 10.8. The number of hydrogen-bond acceptors (Lipinski definition) is 1. The van der Waals surface area contributed by atoms with Gasteiger partial charge in [-0.2, -0.15) is 0 Å². The quantitative estimate of drug-likeness (QED) is 0.0825. The predicted molar refractivity (Wildman–Crippen MR) is 155 cm³/mol. The maximum absolute atomic E-state index is 15.7. The zero-order valence-corrected chi connectivity index (χ0v) is 26.8. The van der Waals surface area contributed by atoms with E-state index in [1.54, 1.807) is 56.0 Å². The van der Waals surface area contributed by atoms with E-state index in [0.29, 0.717) is 0 Å². The van der Waals surface area contributed by atoms with E-state index >= 15 is 17.6 Å². The van der Waals surface area contributed by atoms with Crippen LogP contribution in [0.25, 0.3) is 18.2 Å². The normalized spacial score (nSPS) is 14.1. The average molecular weight is 764 g/mol. The molecule has 0 saturated heterocycles. The van der Waals surface area contributed by atoms with Crippen LogP contribution < -0.4 is 0 Å². The van der Waals surface area contributed by atoms with E-state index in [1.165, 1.54) is 24.3 Å². The summed E-state index contributed by atoms with van der Waals surface area (Å²) < 4.78 is 156. The molecule has 0 spiro atoms. The van der Waals surface area contributed by atoms with Gasteiger partial charge in [0.15, 0.2) is 0 Å². The van der Waals surface area contributed by atoms with Crippen molar-refractivity contribution in [1.82, 2.24) is 0 Å². The Labute approximate surface area is 262 Å². The zero-order valence-electron chi connectivity index (χ0n) is 23.4. The molecule has 1 nitrogen and oxygen atoms in total. The Bertz CT molecular complexity index is 1710. The first-order valence-electron chi connectivity index (χ1n) is 13.1. The number of rotatable bonds is 6. The molecule has 4 aromatic rings. The van der Waals surface area contributed by atoms with Crippen LogP contribution in [0, 0.1) is 58.2 Å². The van der Waals surface area contributed by atoms with E-state index in [1.807, 2.05) is 0 Å². The third-order valence-electron chi connectivity index (χ3n) is 6.72. The van der Waals surface area contributed by atoms with Crippen LogP contribution in [0.1, 0.15) is 22.3 Å². The molecule has 1 aliphatic heterocycles. The van der Waals surface area contributed by atoms with Gasteiger partial charge in [0.25, 0.3) is 0 Å². The van der Waals surface area contributed by atoms with Crippen LogP contribution in [0.3, 0.4) is 0 Å². The summed E-state index contributed by atoms with van der Waals surface area (Å²) in [5, 5.41) is 0. The Hall–Kier alpha value is -3.31. The Morgan fingerprint density at radius 3 is 1.04 bits per heavy atom. The molecule has 5 rings (SSSR count). The Morgan fingerprint density at radius 2 is 0.756 bits per heavy atom. The molecule has 1 aliphatic rings. The summed E-state index contributed by atoms with van der Waals surface area (Å²) in [6.45, 7) is 2.65. The van der Waals surface area contributed by atoms with Gasteiger partial charge in [-0.15, -0.1) is 0 Å². The summed E-state index contributed by atoms with van der Waals surface area (Å²) in [6.07, 6.45) is 0. The average Bonchev–Trinajstić information content (AvgIpc) is 3.02. The molecule has 0 radical (unpaired) electrons. The minimum atomic E-state index is -3.07. The molecule has 0 saturated carbocycles. The Morgan fingerprint density at radius 1 is 0.467 bits per heavy atom. The Balaban J connectivity index is 2.03. The van der Waals surface area contributed by atoms with Gasteiger partial charge in [0.1, 0.15) is 0 Å². The van der Waals surface area contributed by atoms with Gasteiger partial charge < -0.3 is 0 Å². The summed E-state index contributed by atoms with van der Waals surface area (Å²) in [4.78, 5) is 0. The van der Waals surface area contributed by atoms with Crippen molar-refractivity contribution in [3.05, 3.63) is 141 Å². The third kappa shape index (κ3) is 5.89. The molecule has 1 heterocycles. The summed E-state index contributed by atoms with van der Waals surface area (Å²) in [5.74, 6) is -23.0. The third-order valence-corrected chi connectivity index (χ3v) is 11.4. The van der Waals surface area contributed by atoms with Crippen LogP contribution >= 0.6 is 0 Å². The second-order valence-corrected chi connectivity index (χ2v) is 18.2. The maximum atomic E-state index is 15.7. The van der Waals surface area contributed by atoms with Crippen LogP contribution in [0.4, 0.5) is 43.9 Å². The SMILES string of the molecule is C[Si](C)(C)OB1C(c2c(F)c(F)c(F)c(F)c2F)=C(c2ccccc2)[Te]C(c2ccccc2)=C1c1c(F)c(F)c(F)c(F)c1F. The first-order chi connectivity index (χ1) is 21.2. The second kappa shape index (κ2) is 12.5. The van der Waals surface area contributed by atoms with E-state index in [9.17, 15) is 26.3 Å². The van der Waals surface area contributed by atoms with Crippen molar-refractivity contribution in [2.45, 2.75) is 19.6 Å². The zero-order chi connectivity index (χ0) is 33.0. The van der Waals surface area contributed by atoms with E-state index in [2.05, 4.69) is 0 Å². The van der Waals surface area contributed by atoms with Crippen molar-refractivity contribution in [2.75, 3.05) is 0 Å². The monoisotopic (exact) mass is 766 g/mol. The van der Waals surface area contributed by atoms with Crippen LogP contribution in [0.5, 0.6) is 0 Å². The van der Waals surface area contributed by atoms with E-state index in [4.69, 9.17) is 4.34 Å². The number of halogens is 10. The molecule has 0 N–H and O–H groups in total. The van der Waals surface area contributed by atoms with Gasteiger partial charge in [0.2, 0.25) is 0 Å². The fourth-order valence-electron chi connectivity index (χ4n) is 4.85. The van der Waals surface area contributed by atoms with Crippen molar-refractivity contribution < 1.29 is 48.2 Å². The molecule has 14 heteroatoms. The molecule has 0 amide bonds. The first kappa shape index (κ1) is 33.1. The fourth-order valence-corrected chi connectivity index (χ4v) is 9.64. The van der Waals surface area contributed by atoms with Gasteiger partial charge in [0.05, 0.1) is 0 Å². The van der Waals surface area contributed by atoms with E-state index < -0.39 is 116 Å². The van der Waals surface area contributed by atoms with Crippen LogP contribution in [0.15, 0.2) is 60.7 Å². The molecule has 0 unspecified atom stereocenters. The molecule has 232 valence electrons. The van der Waals surface area contributed by atoms with Crippen molar-refractivity contribution in [2.24, 2.45) is 0 Å². The molecular formula is C31H19BF10OSiTe. The first-order valence-corrected chi connectivity index (χ1v) is 18.9. The van der Waals surface area contributed by atoms with Crippen LogP contribution in [-0.4, -0.2) is 36.2 Å². The van der Waals surface area contributed by atoms with Crippen molar-refractivity contribution in [1.29, 1.82) is 0 Å². The van der Waals surface area contributed by atoms with Crippen LogP contribution in [0.2, 0.25) is 19.6 Å². The van der Waals surface area contributed by atoms with Gasteiger partial charge in [-0.05, 0) is 0 Å². The molecule has 0 bridgehead atoms. The topological polar surface area (TPSA) is 9.23 Å². The molecule has 4 aromatic carbocycles. The van der Waals surface area contributed by atoms with Gasteiger partial charge in [-0.1, -0.05) is 0 Å². The van der Waals surface area contributed by atoms with E-state index in [-0.39, 0.29) is 18.4 Å².